The van der Waals surface area contributed by atoms with Crippen LogP contribution in [0.5, 0.6) is 17.2 Å². The second-order valence-electron chi connectivity index (χ2n) is 6.07. The zero-order valence-corrected chi connectivity index (χ0v) is 16.7. The van der Waals surface area contributed by atoms with E-state index in [1.54, 1.807) is 17.0 Å². The first-order chi connectivity index (χ1) is 13.4. The fourth-order valence-electron chi connectivity index (χ4n) is 2.93. The van der Waals surface area contributed by atoms with E-state index in [0.717, 1.165) is 0 Å². The number of benzene rings is 2. The SMILES string of the molecule is CCN1CCOc2ccc(NS(=O)(=O)c3ccc(OC)cc3OC)cc2C1=O. The maximum Gasteiger partial charge on any atom is 0.265 e. The Balaban J connectivity index is 1.95. The second kappa shape index (κ2) is 7.97. The van der Waals surface area contributed by atoms with Crippen LogP contribution in [-0.4, -0.2) is 53.1 Å². The Morgan fingerprint density at radius 2 is 1.93 bits per heavy atom. The average molecular weight is 406 g/mol. The van der Waals surface area contributed by atoms with Gasteiger partial charge >= 0.3 is 0 Å². The zero-order valence-electron chi connectivity index (χ0n) is 15.9. The predicted octanol–water partition coefficient (Wildman–Crippen LogP) is 2.36. The number of likely N-dealkylation sites (N-methyl/N-ethyl adjacent to an activating group) is 1. The summed E-state index contributed by atoms with van der Waals surface area (Å²) in [5, 5.41) is 0. The lowest BCUT2D eigenvalue weighted by atomic mass is 10.1. The molecule has 0 atom stereocenters. The molecule has 28 heavy (non-hydrogen) atoms. The summed E-state index contributed by atoms with van der Waals surface area (Å²) in [5.41, 5.74) is 0.577. The van der Waals surface area contributed by atoms with Crippen molar-refractivity contribution in [2.24, 2.45) is 0 Å². The number of carbonyl (C=O) groups is 1. The summed E-state index contributed by atoms with van der Waals surface area (Å²) in [6.07, 6.45) is 0. The van der Waals surface area contributed by atoms with Crippen LogP contribution in [0.25, 0.3) is 0 Å². The lowest BCUT2D eigenvalue weighted by Crippen LogP contribution is -2.32. The molecule has 1 amide bonds. The van der Waals surface area contributed by atoms with Crippen LogP contribution in [0.3, 0.4) is 0 Å². The summed E-state index contributed by atoms with van der Waals surface area (Å²) in [7, 11) is -1.09. The van der Waals surface area contributed by atoms with Gasteiger partial charge in [-0.3, -0.25) is 9.52 Å². The van der Waals surface area contributed by atoms with Crippen LogP contribution in [0.15, 0.2) is 41.3 Å². The Labute approximate surface area is 164 Å². The number of nitrogens with one attached hydrogen (secondary N) is 1. The molecule has 0 aliphatic carbocycles. The van der Waals surface area contributed by atoms with Crippen LogP contribution in [-0.2, 0) is 10.0 Å². The molecule has 0 aromatic heterocycles. The van der Waals surface area contributed by atoms with Crippen molar-refractivity contribution in [3.8, 4) is 17.2 Å². The minimum Gasteiger partial charge on any atom is -0.497 e. The van der Waals surface area contributed by atoms with Gasteiger partial charge in [-0.25, -0.2) is 8.42 Å². The molecule has 0 saturated carbocycles. The molecule has 9 heteroatoms. The molecule has 0 radical (unpaired) electrons. The van der Waals surface area contributed by atoms with E-state index in [1.807, 2.05) is 6.92 Å². The molecular weight excluding hydrogens is 384 g/mol. The van der Waals surface area contributed by atoms with Gasteiger partial charge in [-0.2, -0.15) is 0 Å². The number of methoxy groups -OCH3 is 2. The average Bonchev–Trinajstić information content (AvgIpc) is 2.85. The summed E-state index contributed by atoms with van der Waals surface area (Å²) in [5.74, 6) is 0.866. The Kier molecular flexibility index (Phi) is 5.64. The molecule has 1 N–H and O–H groups in total. The van der Waals surface area contributed by atoms with Crippen LogP contribution in [0.1, 0.15) is 17.3 Å². The van der Waals surface area contributed by atoms with E-state index in [9.17, 15) is 13.2 Å². The third-order valence-corrected chi connectivity index (χ3v) is 5.83. The number of rotatable bonds is 6. The van der Waals surface area contributed by atoms with Crippen molar-refractivity contribution in [3.05, 3.63) is 42.0 Å². The van der Waals surface area contributed by atoms with Gasteiger partial charge in [0.15, 0.2) is 0 Å². The number of ether oxygens (including phenoxy) is 3. The van der Waals surface area contributed by atoms with Gasteiger partial charge in [0, 0.05) is 18.3 Å². The lowest BCUT2D eigenvalue weighted by Gasteiger charge is -2.17. The van der Waals surface area contributed by atoms with E-state index in [0.29, 0.717) is 36.8 Å². The highest BCUT2D eigenvalue weighted by Crippen LogP contribution is 2.31. The van der Waals surface area contributed by atoms with Crippen LogP contribution in [0.4, 0.5) is 5.69 Å². The molecule has 1 heterocycles. The van der Waals surface area contributed by atoms with Gasteiger partial charge in [-0.1, -0.05) is 0 Å². The molecule has 1 aliphatic heterocycles. The molecule has 1 aliphatic rings. The minimum absolute atomic E-state index is 0.0384. The number of fused-ring (bicyclic) bond motifs is 1. The number of anilines is 1. The summed E-state index contributed by atoms with van der Waals surface area (Å²) < 4.78 is 44.1. The first-order valence-electron chi connectivity index (χ1n) is 8.70. The lowest BCUT2D eigenvalue weighted by molar-refractivity contribution is 0.0765. The molecule has 0 unspecified atom stereocenters. The Morgan fingerprint density at radius 1 is 1.14 bits per heavy atom. The van der Waals surface area contributed by atoms with E-state index in [2.05, 4.69) is 4.72 Å². The van der Waals surface area contributed by atoms with Crippen molar-refractivity contribution in [1.29, 1.82) is 0 Å². The Morgan fingerprint density at radius 3 is 2.61 bits per heavy atom. The van der Waals surface area contributed by atoms with Crippen LogP contribution in [0, 0.1) is 0 Å². The third kappa shape index (κ3) is 3.84. The summed E-state index contributed by atoms with van der Waals surface area (Å²) in [4.78, 5) is 14.3. The van der Waals surface area contributed by atoms with Crippen molar-refractivity contribution in [2.45, 2.75) is 11.8 Å². The van der Waals surface area contributed by atoms with Crippen molar-refractivity contribution in [3.63, 3.8) is 0 Å². The second-order valence-corrected chi connectivity index (χ2v) is 7.72. The quantitative estimate of drug-likeness (QED) is 0.792. The monoisotopic (exact) mass is 406 g/mol. The number of sulfonamides is 1. The molecular formula is C19H22N2O6S. The fraction of sp³-hybridized carbons (Fsp3) is 0.316. The van der Waals surface area contributed by atoms with E-state index < -0.39 is 10.0 Å². The van der Waals surface area contributed by atoms with Gasteiger partial charge < -0.3 is 19.1 Å². The molecule has 2 aromatic carbocycles. The van der Waals surface area contributed by atoms with Gasteiger partial charge in [0.1, 0.15) is 28.8 Å². The maximum atomic E-state index is 12.9. The molecule has 0 spiro atoms. The van der Waals surface area contributed by atoms with E-state index in [1.165, 1.54) is 38.5 Å². The molecule has 0 saturated heterocycles. The van der Waals surface area contributed by atoms with Crippen LogP contribution in [0.2, 0.25) is 0 Å². The van der Waals surface area contributed by atoms with Crippen molar-refractivity contribution < 1.29 is 27.4 Å². The molecule has 2 aromatic rings. The standard InChI is InChI=1S/C19H22N2O6S/c1-4-21-9-10-27-16-7-5-13(11-15(16)19(21)22)20-28(23,24)18-8-6-14(25-2)12-17(18)26-3/h5-8,11-12,20H,4,9-10H2,1-3H3. The van der Waals surface area contributed by atoms with Crippen LogP contribution >= 0.6 is 0 Å². The molecule has 3 rings (SSSR count). The number of hydrogen-bond acceptors (Lipinski definition) is 6. The van der Waals surface area contributed by atoms with Gasteiger partial charge in [-0.05, 0) is 37.3 Å². The maximum absolute atomic E-state index is 12.9. The molecule has 0 fully saturated rings. The topological polar surface area (TPSA) is 94.2 Å². The largest absolute Gasteiger partial charge is 0.497 e. The molecule has 150 valence electrons. The minimum atomic E-state index is -3.95. The number of amides is 1. The van der Waals surface area contributed by atoms with Gasteiger partial charge in [0.05, 0.1) is 26.3 Å². The normalized spacial score (nSPS) is 14.0. The van der Waals surface area contributed by atoms with E-state index in [4.69, 9.17) is 14.2 Å². The van der Waals surface area contributed by atoms with E-state index >= 15 is 0 Å². The predicted molar refractivity (Wildman–Crippen MR) is 104 cm³/mol. The highest BCUT2D eigenvalue weighted by atomic mass is 32.2. The van der Waals surface area contributed by atoms with Gasteiger partial charge in [0.25, 0.3) is 15.9 Å². The Hall–Kier alpha value is -2.94. The molecule has 0 bridgehead atoms. The first kappa shape index (κ1) is 19.8. The van der Waals surface area contributed by atoms with E-state index in [-0.39, 0.29) is 22.2 Å². The summed E-state index contributed by atoms with van der Waals surface area (Å²) in [6.45, 7) is 3.29. The number of carbonyl (C=O) groups excluding carboxylic acids is 1. The number of nitrogens with zero attached hydrogens (tertiary/aromatic N) is 1. The summed E-state index contributed by atoms with van der Waals surface area (Å²) >= 11 is 0. The highest BCUT2D eigenvalue weighted by molar-refractivity contribution is 7.92. The van der Waals surface area contributed by atoms with Crippen molar-refractivity contribution >= 4 is 21.6 Å². The first-order valence-corrected chi connectivity index (χ1v) is 10.2. The summed E-state index contributed by atoms with van der Waals surface area (Å²) in [6, 6.07) is 9.05. The Bertz CT molecular complexity index is 990. The molecule has 8 nitrogen and oxygen atoms in total. The fourth-order valence-corrected chi connectivity index (χ4v) is 4.13. The highest BCUT2D eigenvalue weighted by Gasteiger charge is 2.25. The smallest absolute Gasteiger partial charge is 0.265 e. The third-order valence-electron chi connectivity index (χ3n) is 4.41. The van der Waals surface area contributed by atoms with Crippen molar-refractivity contribution in [1.82, 2.24) is 4.90 Å². The number of hydrogen-bond donors (Lipinski definition) is 1. The zero-order chi connectivity index (χ0) is 20.3. The van der Waals surface area contributed by atoms with Crippen LogP contribution < -0.4 is 18.9 Å². The van der Waals surface area contributed by atoms with Gasteiger partial charge in [-0.15, -0.1) is 0 Å². The van der Waals surface area contributed by atoms with Gasteiger partial charge in [0.2, 0.25) is 0 Å². The van der Waals surface area contributed by atoms with Crippen molar-refractivity contribution in [2.75, 3.05) is 38.6 Å².